The summed E-state index contributed by atoms with van der Waals surface area (Å²) < 4.78 is 0. The van der Waals surface area contributed by atoms with Crippen LogP contribution in [0, 0.1) is 0 Å². The normalized spacial score (nSPS) is 24.0. The highest BCUT2D eigenvalue weighted by Crippen LogP contribution is 2.35. The molecule has 3 unspecified atom stereocenters. The second-order valence-electron chi connectivity index (χ2n) is 5.38. The highest BCUT2D eigenvalue weighted by Gasteiger charge is 2.30. The average molecular weight is 364 g/mol. The molecule has 0 aromatic heterocycles. The Kier molecular flexibility index (Phi) is 7.57. The van der Waals surface area contributed by atoms with Crippen LogP contribution in [-0.2, 0) is 6.42 Å². The van der Waals surface area contributed by atoms with Gasteiger partial charge in [-0.15, -0.1) is 0 Å². The first-order valence-electron chi connectivity index (χ1n) is 7.53. The molecule has 0 bridgehead atoms. The topological polar surface area (TPSA) is 12.0 Å². The summed E-state index contributed by atoms with van der Waals surface area (Å²) in [5, 5.41) is 6.57. The summed E-state index contributed by atoms with van der Waals surface area (Å²) in [5.74, 6) is 2.50. The van der Waals surface area contributed by atoms with Crippen molar-refractivity contribution in [3.63, 3.8) is 0 Å². The van der Waals surface area contributed by atoms with Crippen LogP contribution in [-0.4, -0.2) is 34.6 Å². The Labute approximate surface area is 146 Å². The van der Waals surface area contributed by atoms with Crippen molar-refractivity contribution in [1.29, 1.82) is 0 Å². The van der Waals surface area contributed by atoms with Crippen LogP contribution in [0.1, 0.15) is 25.8 Å². The van der Waals surface area contributed by atoms with E-state index < -0.39 is 0 Å². The molecule has 1 aliphatic rings. The van der Waals surface area contributed by atoms with Gasteiger partial charge in [0.25, 0.3) is 0 Å². The zero-order valence-corrected chi connectivity index (χ0v) is 15.7. The minimum absolute atomic E-state index is 0.426. The molecule has 1 nitrogen and oxygen atoms in total. The molecule has 5 heteroatoms. The maximum Gasteiger partial charge on any atom is 0.0453 e. The van der Waals surface area contributed by atoms with Gasteiger partial charge in [0.05, 0.1) is 0 Å². The fourth-order valence-electron chi connectivity index (χ4n) is 2.67. The van der Waals surface area contributed by atoms with Gasteiger partial charge < -0.3 is 5.32 Å². The van der Waals surface area contributed by atoms with Crippen molar-refractivity contribution in [2.45, 2.75) is 43.2 Å². The van der Waals surface area contributed by atoms with Crippen molar-refractivity contribution >= 4 is 46.7 Å². The van der Waals surface area contributed by atoms with Gasteiger partial charge in [-0.1, -0.05) is 43.1 Å². The van der Waals surface area contributed by atoms with E-state index in [-0.39, 0.29) is 0 Å². The number of benzene rings is 1. The van der Waals surface area contributed by atoms with Crippen LogP contribution in [0.2, 0.25) is 10.0 Å². The summed E-state index contributed by atoms with van der Waals surface area (Å²) in [4.78, 5) is 0. The number of hydrogen-bond acceptors (Lipinski definition) is 3. The van der Waals surface area contributed by atoms with E-state index in [1.54, 1.807) is 0 Å². The molecule has 0 aliphatic carbocycles. The van der Waals surface area contributed by atoms with E-state index in [0.29, 0.717) is 16.5 Å². The fourth-order valence-corrected chi connectivity index (χ4v) is 6.19. The van der Waals surface area contributed by atoms with Crippen molar-refractivity contribution in [3.05, 3.63) is 33.8 Å². The number of hydrogen-bond donors (Lipinski definition) is 1. The second kappa shape index (κ2) is 8.93. The average Bonchev–Trinajstić information content (AvgIpc) is 2.47. The van der Waals surface area contributed by atoms with Gasteiger partial charge in [-0.05, 0) is 37.1 Å². The van der Waals surface area contributed by atoms with Crippen LogP contribution in [0.15, 0.2) is 18.2 Å². The first-order chi connectivity index (χ1) is 10.1. The molecule has 1 aliphatic heterocycles. The van der Waals surface area contributed by atoms with Crippen molar-refractivity contribution < 1.29 is 0 Å². The lowest BCUT2D eigenvalue weighted by molar-refractivity contribution is 0.487. The lowest BCUT2D eigenvalue weighted by Crippen LogP contribution is -2.46. The molecule has 0 amide bonds. The number of thioether (sulfide) groups is 2. The Morgan fingerprint density at radius 2 is 1.90 bits per heavy atom. The number of halogens is 2. The minimum atomic E-state index is 0.426. The van der Waals surface area contributed by atoms with Crippen LogP contribution >= 0.6 is 46.7 Å². The molecule has 1 N–H and O–H groups in total. The van der Waals surface area contributed by atoms with Crippen molar-refractivity contribution in [2.75, 3.05) is 18.1 Å². The quantitative estimate of drug-likeness (QED) is 0.751. The molecule has 118 valence electrons. The van der Waals surface area contributed by atoms with E-state index in [4.69, 9.17) is 23.2 Å². The van der Waals surface area contributed by atoms with Gasteiger partial charge in [0, 0.05) is 38.1 Å². The Balaban J connectivity index is 2.15. The first kappa shape index (κ1) is 17.8. The van der Waals surface area contributed by atoms with Crippen LogP contribution in [0.4, 0.5) is 0 Å². The SMILES string of the molecule is CCCNC(Cc1c(Cl)cccc1Cl)C1SCCSC1C. The van der Waals surface area contributed by atoms with Crippen molar-refractivity contribution in [1.82, 2.24) is 5.32 Å². The van der Waals surface area contributed by atoms with E-state index in [0.717, 1.165) is 35.0 Å². The van der Waals surface area contributed by atoms with E-state index in [9.17, 15) is 0 Å². The van der Waals surface area contributed by atoms with E-state index >= 15 is 0 Å². The number of rotatable bonds is 6. The highest BCUT2D eigenvalue weighted by molar-refractivity contribution is 8.07. The molecule has 1 fully saturated rings. The Morgan fingerprint density at radius 3 is 2.52 bits per heavy atom. The van der Waals surface area contributed by atoms with Crippen LogP contribution in [0.5, 0.6) is 0 Å². The molecule has 0 spiro atoms. The van der Waals surface area contributed by atoms with E-state index in [2.05, 4.69) is 42.7 Å². The molecular formula is C16H23Cl2NS2. The summed E-state index contributed by atoms with van der Waals surface area (Å²) in [6.07, 6.45) is 2.05. The highest BCUT2D eigenvalue weighted by atomic mass is 35.5. The maximum atomic E-state index is 6.36. The summed E-state index contributed by atoms with van der Waals surface area (Å²) in [6.45, 7) is 5.59. The minimum Gasteiger partial charge on any atom is -0.313 e. The lowest BCUT2D eigenvalue weighted by atomic mass is 10.0. The summed E-state index contributed by atoms with van der Waals surface area (Å²) in [5.41, 5.74) is 1.08. The molecule has 1 aromatic rings. The van der Waals surface area contributed by atoms with E-state index in [1.165, 1.54) is 11.5 Å². The molecule has 0 saturated carbocycles. The van der Waals surface area contributed by atoms with Gasteiger partial charge in [0.2, 0.25) is 0 Å². The van der Waals surface area contributed by atoms with Gasteiger partial charge in [-0.25, -0.2) is 0 Å². The van der Waals surface area contributed by atoms with Crippen LogP contribution in [0.3, 0.4) is 0 Å². The van der Waals surface area contributed by atoms with Gasteiger partial charge in [0.1, 0.15) is 0 Å². The van der Waals surface area contributed by atoms with E-state index in [1.807, 2.05) is 18.2 Å². The summed E-state index contributed by atoms with van der Waals surface area (Å²) in [7, 11) is 0. The molecule has 1 heterocycles. The van der Waals surface area contributed by atoms with Gasteiger partial charge in [-0.2, -0.15) is 23.5 Å². The Hall–Kier alpha value is 0.460. The molecule has 21 heavy (non-hydrogen) atoms. The molecule has 0 radical (unpaired) electrons. The third kappa shape index (κ3) is 4.97. The smallest absolute Gasteiger partial charge is 0.0453 e. The predicted molar refractivity (Wildman–Crippen MR) is 100 cm³/mol. The monoisotopic (exact) mass is 363 g/mol. The van der Waals surface area contributed by atoms with Crippen LogP contribution < -0.4 is 5.32 Å². The molecule has 1 saturated heterocycles. The molecule has 2 rings (SSSR count). The lowest BCUT2D eigenvalue weighted by Gasteiger charge is -2.35. The largest absolute Gasteiger partial charge is 0.313 e. The van der Waals surface area contributed by atoms with Crippen molar-refractivity contribution in [2.24, 2.45) is 0 Å². The predicted octanol–water partition coefficient (Wildman–Crippen LogP) is 5.14. The third-order valence-electron chi connectivity index (χ3n) is 3.78. The molecule has 1 aromatic carbocycles. The van der Waals surface area contributed by atoms with Crippen molar-refractivity contribution in [3.8, 4) is 0 Å². The van der Waals surface area contributed by atoms with Gasteiger partial charge in [0.15, 0.2) is 0 Å². The Bertz CT molecular complexity index is 436. The molecular weight excluding hydrogens is 341 g/mol. The standard InChI is InChI=1S/C16H23Cl2NS2/c1-3-7-19-15(16-11(2)20-8-9-21-16)10-12-13(17)5-4-6-14(12)18/h4-6,11,15-16,19H,3,7-10H2,1-2H3. The maximum absolute atomic E-state index is 6.36. The first-order valence-corrected chi connectivity index (χ1v) is 10.4. The number of nitrogens with one attached hydrogen (secondary N) is 1. The van der Waals surface area contributed by atoms with Gasteiger partial charge >= 0.3 is 0 Å². The third-order valence-corrected chi connectivity index (χ3v) is 7.74. The fraction of sp³-hybridized carbons (Fsp3) is 0.625. The summed E-state index contributed by atoms with van der Waals surface area (Å²) in [6, 6.07) is 6.21. The second-order valence-corrected chi connectivity index (χ2v) is 8.96. The zero-order valence-electron chi connectivity index (χ0n) is 12.6. The van der Waals surface area contributed by atoms with Gasteiger partial charge in [-0.3, -0.25) is 0 Å². The Morgan fingerprint density at radius 1 is 1.24 bits per heavy atom. The zero-order chi connectivity index (χ0) is 15.2. The van der Waals surface area contributed by atoms with Crippen LogP contribution in [0.25, 0.3) is 0 Å². The molecule has 3 atom stereocenters. The summed E-state index contributed by atoms with van der Waals surface area (Å²) >= 11 is 16.9.